The smallest absolute Gasteiger partial charge is 0.254 e. The average molecular weight is 380 g/mol. The molecule has 5 nitrogen and oxygen atoms in total. The first-order valence-electron chi connectivity index (χ1n) is 9.55. The van der Waals surface area contributed by atoms with Crippen molar-refractivity contribution in [2.45, 2.75) is 20.4 Å². The molecule has 0 radical (unpaired) electrons. The van der Waals surface area contributed by atoms with Gasteiger partial charge in [-0.15, -0.1) is 0 Å². The van der Waals surface area contributed by atoms with Crippen molar-refractivity contribution in [3.8, 4) is 11.8 Å². The molecule has 0 atom stereocenters. The Kier molecular flexibility index (Phi) is 8.03. The molecule has 0 N–H and O–H groups in total. The number of amides is 1. The standard InChI is InChI=1S/C23H29N3O2/c1-18(2)17-28-22-7-5-6-21(14-22)23(27)26(13-12-25(3)4)16-20-10-8-19(15-24)9-11-20/h5-11,14,18H,12-13,16-17H2,1-4H3. The van der Waals surface area contributed by atoms with Crippen LogP contribution in [0.1, 0.15) is 35.3 Å². The lowest BCUT2D eigenvalue weighted by molar-refractivity contribution is 0.0731. The van der Waals surface area contributed by atoms with Gasteiger partial charge in [-0.1, -0.05) is 32.0 Å². The highest BCUT2D eigenvalue weighted by Gasteiger charge is 2.17. The molecule has 0 aliphatic rings. The summed E-state index contributed by atoms with van der Waals surface area (Å²) in [4.78, 5) is 17.1. The van der Waals surface area contributed by atoms with E-state index in [-0.39, 0.29) is 5.91 Å². The maximum atomic E-state index is 13.2. The fourth-order valence-electron chi connectivity index (χ4n) is 2.64. The average Bonchev–Trinajstić information content (AvgIpc) is 2.69. The fourth-order valence-corrected chi connectivity index (χ4v) is 2.64. The Hall–Kier alpha value is -2.84. The first kappa shape index (κ1) is 21.5. The summed E-state index contributed by atoms with van der Waals surface area (Å²) in [5.41, 5.74) is 2.23. The third-order valence-corrected chi connectivity index (χ3v) is 4.23. The Bertz CT molecular complexity index is 807. The third-order valence-electron chi connectivity index (χ3n) is 4.23. The molecule has 0 aliphatic carbocycles. The Morgan fingerprint density at radius 3 is 2.43 bits per heavy atom. The summed E-state index contributed by atoms with van der Waals surface area (Å²) in [6.07, 6.45) is 0. The minimum absolute atomic E-state index is 0.0267. The van der Waals surface area contributed by atoms with Crippen LogP contribution in [0.4, 0.5) is 0 Å². The molecule has 0 unspecified atom stereocenters. The molecule has 0 fully saturated rings. The molecule has 0 saturated heterocycles. The second kappa shape index (κ2) is 10.5. The topological polar surface area (TPSA) is 56.6 Å². The molecule has 28 heavy (non-hydrogen) atoms. The maximum Gasteiger partial charge on any atom is 0.254 e. The maximum absolute atomic E-state index is 13.2. The summed E-state index contributed by atoms with van der Waals surface area (Å²) in [5, 5.41) is 8.96. The van der Waals surface area contributed by atoms with E-state index in [4.69, 9.17) is 10.00 Å². The number of benzene rings is 2. The second-order valence-electron chi connectivity index (χ2n) is 7.57. The van der Waals surface area contributed by atoms with Crippen LogP contribution in [0.15, 0.2) is 48.5 Å². The van der Waals surface area contributed by atoms with Gasteiger partial charge in [0.25, 0.3) is 5.91 Å². The van der Waals surface area contributed by atoms with Crippen molar-refractivity contribution in [3.63, 3.8) is 0 Å². The van der Waals surface area contributed by atoms with Gasteiger partial charge >= 0.3 is 0 Å². The molecule has 1 amide bonds. The molecule has 0 spiro atoms. The Balaban J connectivity index is 2.18. The van der Waals surface area contributed by atoms with E-state index in [2.05, 4.69) is 24.8 Å². The number of carbonyl (C=O) groups excluding carboxylic acids is 1. The van der Waals surface area contributed by atoms with E-state index in [1.54, 1.807) is 12.1 Å². The zero-order chi connectivity index (χ0) is 20.5. The summed E-state index contributed by atoms with van der Waals surface area (Å²) in [6, 6.07) is 16.9. The molecular formula is C23H29N3O2. The van der Waals surface area contributed by atoms with E-state index in [9.17, 15) is 4.79 Å². The van der Waals surface area contributed by atoms with E-state index in [0.717, 1.165) is 12.1 Å². The quantitative estimate of drug-likeness (QED) is 0.665. The van der Waals surface area contributed by atoms with Crippen LogP contribution in [0.25, 0.3) is 0 Å². The van der Waals surface area contributed by atoms with Gasteiger partial charge < -0.3 is 14.5 Å². The lowest BCUT2D eigenvalue weighted by atomic mass is 10.1. The van der Waals surface area contributed by atoms with Gasteiger partial charge in [0.05, 0.1) is 18.2 Å². The van der Waals surface area contributed by atoms with Gasteiger partial charge in [-0.25, -0.2) is 0 Å². The van der Waals surface area contributed by atoms with Gasteiger partial charge in [-0.2, -0.15) is 5.26 Å². The minimum Gasteiger partial charge on any atom is -0.493 e. The highest BCUT2D eigenvalue weighted by atomic mass is 16.5. The first-order valence-corrected chi connectivity index (χ1v) is 9.55. The zero-order valence-electron chi connectivity index (χ0n) is 17.2. The van der Waals surface area contributed by atoms with Gasteiger partial charge in [0, 0.05) is 25.2 Å². The summed E-state index contributed by atoms with van der Waals surface area (Å²) in [6.45, 7) is 6.68. The van der Waals surface area contributed by atoms with Gasteiger partial charge in [-0.3, -0.25) is 4.79 Å². The lowest BCUT2D eigenvalue weighted by Crippen LogP contribution is -2.36. The molecule has 0 aliphatic heterocycles. The highest BCUT2D eigenvalue weighted by molar-refractivity contribution is 5.94. The van der Waals surface area contributed by atoms with Crippen LogP contribution in [-0.4, -0.2) is 49.5 Å². The number of nitrogens with zero attached hydrogens (tertiary/aromatic N) is 3. The van der Waals surface area contributed by atoms with Gasteiger partial charge in [0.1, 0.15) is 5.75 Å². The van der Waals surface area contributed by atoms with Gasteiger partial charge in [0.2, 0.25) is 0 Å². The van der Waals surface area contributed by atoms with Crippen LogP contribution in [0.5, 0.6) is 5.75 Å². The molecule has 0 aromatic heterocycles. The van der Waals surface area contributed by atoms with Crippen LogP contribution in [0.3, 0.4) is 0 Å². The number of hydrogen-bond donors (Lipinski definition) is 0. The first-order chi connectivity index (χ1) is 13.4. The molecule has 2 rings (SSSR count). The van der Waals surface area contributed by atoms with Crippen LogP contribution in [0, 0.1) is 17.2 Å². The lowest BCUT2D eigenvalue weighted by Gasteiger charge is -2.25. The van der Waals surface area contributed by atoms with E-state index in [1.807, 2.05) is 55.4 Å². The largest absolute Gasteiger partial charge is 0.493 e. The van der Waals surface area contributed by atoms with E-state index in [0.29, 0.717) is 42.5 Å². The summed E-state index contributed by atoms with van der Waals surface area (Å²) >= 11 is 0. The number of likely N-dealkylation sites (N-methyl/N-ethyl adjacent to an activating group) is 1. The van der Waals surface area contributed by atoms with Crippen molar-refractivity contribution in [1.29, 1.82) is 5.26 Å². The van der Waals surface area contributed by atoms with Gasteiger partial charge in [0.15, 0.2) is 0 Å². The normalized spacial score (nSPS) is 10.8. The van der Waals surface area contributed by atoms with Crippen LogP contribution in [0.2, 0.25) is 0 Å². The van der Waals surface area contributed by atoms with Crippen molar-refractivity contribution in [2.75, 3.05) is 33.8 Å². The summed E-state index contributed by atoms with van der Waals surface area (Å²) in [5.74, 6) is 1.11. The number of hydrogen-bond acceptors (Lipinski definition) is 4. The van der Waals surface area contributed by atoms with Crippen LogP contribution >= 0.6 is 0 Å². The molecule has 2 aromatic rings. The molecule has 5 heteroatoms. The second-order valence-corrected chi connectivity index (χ2v) is 7.57. The molecular weight excluding hydrogens is 350 g/mol. The Morgan fingerprint density at radius 1 is 1.11 bits per heavy atom. The molecule has 148 valence electrons. The minimum atomic E-state index is -0.0267. The fraction of sp³-hybridized carbons (Fsp3) is 0.391. The number of carbonyl (C=O) groups is 1. The third kappa shape index (κ3) is 6.71. The molecule has 2 aromatic carbocycles. The van der Waals surface area contributed by atoms with E-state index < -0.39 is 0 Å². The summed E-state index contributed by atoms with van der Waals surface area (Å²) < 4.78 is 5.77. The Labute approximate surface area is 168 Å². The van der Waals surface area contributed by atoms with E-state index >= 15 is 0 Å². The monoisotopic (exact) mass is 379 g/mol. The summed E-state index contributed by atoms with van der Waals surface area (Å²) in [7, 11) is 3.98. The van der Waals surface area contributed by atoms with Crippen LogP contribution in [-0.2, 0) is 6.54 Å². The highest BCUT2D eigenvalue weighted by Crippen LogP contribution is 2.17. The van der Waals surface area contributed by atoms with Crippen molar-refractivity contribution >= 4 is 5.91 Å². The Morgan fingerprint density at radius 2 is 1.82 bits per heavy atom. The van der Waals surface area contributed by atoms with E-state index in [1.165, 1.54) is 0 Å². The van der Waals surface area contributed by atoms with Crippen molar-refractivity contribution < 1.29 is 9.53 Å². The van der Waals surface area contributed by atoms with Crippen molar-refractivity contribution in [2.24, 2.45) is 5.92 Å². The SMILES string of the molecule is CC(C)COc1cccc(C(=O)N(CCN(C)C)Cc2ccc(C#N)cc2)c1. The number of nitriles is 1. The van der Waals surface area contributed by atoms with Crippen LogP contribution < -0.4 is 4.74 Å². The number of rotatable bonds is 9. The van der Waals surface area contributed by atoms with Gasteiger partial charge in [-0.05, 0) is 55.9 Å². The predicted octanol–water partition coefficient (Wildman–Crippen LogP) is 3.80. The molecule has 0 saturated carbocycles. The number of ether oxygens (including phenoxy) is 1. The molecule has 0 bridgehead atoms. The predicted molar refractivity (Wildman–Crippen MR) is 111 cm³/mol. The van der Waals surface area contributed by atoms with Crippen molar-refractivity contribution in [1.82, 2.24) is 9.80 Å². The van der Waals surface area contributed by atoms with Crippen molar-refractivity contribution in [3.05, 3.63) is 65.2 Å². The molecule has 0 heterocycles. The zero-order valence-corrected chi connectivity index (χ0v) is 17.2.